The molecule has 0 N–H and O–H groups in total. The van der Waals surface area contributed by atoms with Crippen molar-refractivity contribution in [3.05, 3.63) is 39.9 Å². The Bertz CT molecular complexity index is 412. The summed E-state index contributed by atoms with van der Waals surface area (Å²) in [5.41, 5.74) is -0.748. The van der Waals surface area contributed by atoms with E-state index in [1.54, 1.807) is 0 Å². The van der Waals surface area contributed by atoms with E-state index >= 15 is 0 Å². The zero-order valence-corrected chi connectivity index (χ0v) is 7.74. The van der Waals surface area contributed by atoms with Gasteiger partial charge in [-0.15, -0.1) is 0 Å². The number of rotatable bonds is 3. The minimum atomic E-state index is -3.52. The summed E-state index contributed by atoms with van der Waals surface area (Å²) in [6.07, 6.45) is 0. The number of nitro benzene ring substituents is 1. The van der Waals surface area contributed by atoms with E-state index in [4.69, 9.17) is 0 Å². The van der Waals surface area contributed by atoms with E-state index in [0.717, 1.165) is 18.2 Å². The highest BCUT2D eigenvalue weighted by atomic mass is 19.3. The van der Waals surface area contributed by atoms with E-state index in [1.165, 1.54) is 6.07 Å². The van der Waals surface area contributed by atoms with E-state index in [9.17, 15) is 23.7 Å². The lowest BCUT2D eigenvalue weighted by Crippen LogP contribution is -2.24. The minimum Gasteiger partial charge on any atom is -0.287 e. The van der Waals surface area contributed by atoms with Crippen molar-refractivity contribution < 1.29 is 18.5 Å². The Morgan fingerprint density at radius 3 is 2.53 bits per heavy atom. The zero-order chi connectivity index (χ0) is 11.6. The van der Waals surface area contributed by atoms with Gasteiger partial charge in [0, 0.05) is 24.6 Å². The standard InChI is InChI=1S/C9H7F2NO3/c1-9(10,11)8(13)6-3-2-4-7(5-6)12(14)15/h2-5H,1H3. The van der Waals surface area contributed by atoms with Crippen LogP contribution in [0.25, 0.3) is 0 Å². The molecule has 0 saturated carbocycles. The summed E-state index contributed by atoms with van der Waals surface area (Å²) in [6.45, 7) is 0.453. The molecule has 0 saturated heterocycles. The topological polar surface area (TPSA) is 60.2 Å². The number of hydrogen-bond acceptors (Lipinski definition) is 3. The molecule has 1 aromatic carbocycles. The molecule has 4 nitrogen and oxygen atoms in total. The maximum absolute atomic E-state index is 12.6. The van der Waals surface area contributed by atoms with Gasteiger partial charge in [0.1, 0.15) is 0 Å². The first-order chi connectivity index (χ1) is 6.82. The van der Waals surface area contributed by atoms with Crippen LogP contribution in [0.5, 0.6) is 0 Å². The monoisotopic (exact) mass is 215 g/mol. The highest BCUT2D eigenvalue weighted by Crippen LogP contribution is 2.21. The first-order valence-corrected chi connectivity index (χ1v) is 3.99. The Balaban J connectivity index is 3.12. The van der Waals surface area contributed by atoms with Crippen molar-refractivity contribution in [2.75, 3.05) is 0 Å². The van der Waals surface area contributed by atoms with Gasteiger partial charge in [-0.2, -0.15) is 8.78 Å². The number of carbonyl (C=O) groups excluding carboxylic acids is 1. The lowest BCUT2D eigenvalue weighted by atomic mass is 10.1. The minimum absolute atomic E-state index is 0.364. The number of nitro groups is 1. The van der Waals surface area contributed by atoms with Crippen LogP contribution in [0.2, 0.25) is 0 Å². The molecular formula is C9H7F2NO3. The van der Waals surface area contributed by atoms with Crippen molar-refractivity contribution in [2.24, 2.45) is 0 Å². The average molecular weight is 215 g/mol. The van der Waals surface area contributed by atoms with Crippen molar-refractivity contribution in [1.29, 1.82) is 0 Å². The summed E-state index contributed by atoms with van der Waals surface area (Å²) < 4.78 is 25.2. The van der Waals surface area contributed by atoms with Crippen LogP contribution in [0, 0.1) is 10.1 Å². The van der Waals surface area contributed by atoms with Crippen LogP contribution in [0.1, 0.15) is 17.3 Å². The van der Waals surface area contributed by atoms with Gasteiger partial charge < -0.3 is 0 Å². The van der Waals surface area contributed by atoms with Gasteiger partial charge in [0.2, 0.25) is 5.78 Å². The van der Waals surface area contributed by atoms with Crippen molar-refractivity contribution in [1.82, 2.24) is 0 Å². The number of alkyl halides is 2. The first kappa shape index (κ1) is 11.2. The molecule has 0 heterocycles. The Kier molecular flexibility index (Phi) is 2.78. The van der Waals surface area contributed by atoms with Crippen molar-refractivity contribution in [3.8, 4) is 0 Å². The summed E-state index contributed by atoms with van der Waals surface area (Å²) in [7, 11) is 0. The third-order valence-electron chi connectivity index (χ3n) is 1.72. The summed E-state index contributed by atoms with van der Waals surface area (Å²) in [5, 5.41) is 10.3. The molecule has 0 amide bonds. The fourth-order valence-corrected chi connectivity index (χ4v) is 1.01. The van der Waals surface area contributed by atoms with Crippen molar-refractivity contribution in [2.45, 2.75) is 12.8 Å². The van der Waals surface area contributed by atoms with Crippen LogP contribution in [-0.2, 0) is 0 Å². The molecule has 0 aliphatic rings. The van der Waals surface area contributed by atoms with E-state index in [1.807, 2.05) is 0 Å². The second-order valence-corrected chi connectivity index (χ2v) is 3.02. The SMILES string of the molecule is CC(F)(F)C(=O)c1cccc([N+](=O)[O-])c1. The van der Waals surface area contributed by atoms with Gasteiger partial charge in [0.05, 0.1) is 4.92 Å². The third-order valence-corrected chi connectivity index (χ3v) is 1.72. The van der Waals surface area contributed by atoms with Crippen molar-refractivity contribution in [3.63, 3.8) is 0 Å². The number of non-ortho nitro benzene ring substituents is 1. The number of ketones is 1. The van der Waals surface area contributed by atoms with Crippen LogP contribution < -0.4 is 0 Å². The summed E-state index contributed by atoms with van der Waals surface area (Å²) in [6, 6.07) is 4.27. The zero-order valence-electron chi connectivity index (χ0n) is 7.74. The Morgan fingerprint density at radius 1 is 1.47 bits per heavy atom. The normalized spacial score (nSPS) is 11.1. The molecule has 0 spiro atoms. The molecule has 0 atom stereocenters. The number of halogens is 2. The number of Topliss-reactive ketones (excluding diaryl/α,β-unsaturated/α-hetero) is 1. The van der Waals surface area contributed by atoms with Crippen molar-refractivity contribution >= 4 is 11.5 Å². The molecule has 1 rings (SSSR count). The molecule has 0 aromatic heterocycles. The third kappa shape index (κ3) is 2.55. The van der Waals surface area contributed by atoms with Crippen LogP contribution in [0.15, 0.2) is 24.3 Å². The van der Waals surface area contributed by atoms with Gasteiger partial charge >= 0.3 is 5.92 Å². The van der Waals surface area contributed by atoms with Gasteiger partial charge in [0.15, 0.2) is 0 Å². The van der Waals surface area contributed by atoms with E-state index in [2.05, 4.69) is 0 Å². The predicted octanol–water partition coefficient (Wildman–Crippen LogP) is 2.43. The Labute approximate surface area is 83.7 Å². The highest BCUT2D eigenvalue weighted by molar-refractivity contribution is 6.01. The molecule has 1 aromatic rings. The van der Waals surface area contributed by atoms with Gasteiger partial charge in [-0.3, -0.25) is 14.9 Å². The van der Waals surface area contributed by atoms with E-state index in [-0.39, 0.29) is 11.3 Å². The quantitative estimate of drug-likeness (QED) is 0.442. The average Bonchev–Trinajstić information content (AvgIpc) is 2.15. The van der Waals surface area contributed by atoms with E-state index < -0.39 is 16.6 Å². The number of nitrogens with zero attached hydrogens (tertiary/aromatic N) is 1. The van der Waals surface area contributed by atoms with Gasteiger partial charge in [-0.25, -0.2) is 0 Å². The second-order valence-electron chi connectivity index (χ2n) is 3.02. The Hall–Kier alpha value is -1.85. The fraction of sp³-hybridized carbons (Fsp3) is 0.222. The first-order valence-electron chi connectivity index (χ1n) is 3.99. The van der Waals surface area contributed by atoms with Gasteiger partial charge in [-0.05, 0) is 0 Å². The lowest BCUT2D eigenvalue weighted by Gasteiger charge is -2.07. The largest absolute Gasteiger partial charge is 0.307 e. The predicted molar refractivity (Wildman–Crippen MR) is 48.0 cm³/mol. The summed E-state index contributed by atoms with van der Waals surface area (Å²) in [4.78, 5) is 20.7. The van der Waals surface area contributed by atoms with Gasteiger partial charge in [-0.1, -0.05) is 12.1 Å². The molecule has 80 valence electrons. The highest BCUT2D eigenvalue weighted by Gasteiger charge is 2.33. The summed E-state index contributed by atoms with van der Waals surface area (Å²) in [5.74, 6) is -4.94. The molecular weight excluding hydrogens is 208 g/mol. The molecule has 0 bridgehead atoms. The maximum atomic E-state index is 12.6. The molecule has 15 heavy (non-hydrogen) atoms. The van der Waals surface area contributed by atoms with Crippen LogP contribution in [0.4, 0.5) is 14.5 Å². The fourth-order valence-electron chi connectivity index (χ4n) is 1.01. The molecule has 0 radical (unpaired) electrons. The Morgan fingerprint density at radius 2 is 2.07 bits per heavy atom. The molecule has 0 fully saturated rings. The second kappa shape index (κ2) is 3.72. The molecule has 0 aliphatic heterocycles. The van der Waals surface area contributed by atoms with Crippen LogP contribution >= 0.6 is 0 Å². The smallest absolute Gasteiger partial charge is 0.287 e. The number of benzene rings is 1. The maximum Gasteiger partial charge on any atom is 0.307 e. The number of hydrogen-bond donors (Lipinski definition) is 0. The van der Waals surface area contributed by atoms with Gasteiger partial charge in [0.25, 0.3) is 5.69 Å². The van der Waals surface area contributed by atoms with Crippen LogP contribution in [0.3, 0.4) is 0 Å². The lowest BCUT2D eigenvalue weighted by molar-refractivity contribution is -0.384. The molecule has 0 unspecified atom stereocenters. The number of carbonyl (C=O) groups is 1. The summed E-state index contributed by atoms with van der Waals surface area (Å²) >= 11 is 0. The molecule has 0 aliphatic carbocycles. The van der Waals surface area contributed by atoms with E-state index in [0.29, 0.717) is 6.92 Å². The molecule has 6 heteroatoms. The van der Waals surface area contributed by atoms with Crippen LogP contribution in [-0.4, -0.2) is 16.6 Å².